The lowest BCUT2D eigenvalue weighted by molar-refractivity contribution is -0.385. The minimum Gasteiger partial charge on any atom is -0.391 e. The van der Waals surface area contributed by atoms with Gasteiger partial charge in [-0.25, -0.2) is 0 Å². The topological polar surface area (TPSA) is 66.6 Å². The Bertz CT molecular complexity index is 448. The van der Waals surface area contributed by atoms with Crippen LogP contribution in [-0.4, -0.2) is 23.1 Å². The quantitative estimate of drug-likeness (QED) is 0.615. The lowest BCUT2D eigenvalue weighted by Crippen LogP contribution is -2.31. The van der Waals surface area contributed by atoms with Crippen molar-refractivity contribution < 1.29 is 10.0 Å². The van der Waals surface area contributed by atoms with E-state index < -0.39 is 4.92 Å². The molecule has 0 aromatic heterocycles. The number of hydrogen-bond donors (Lipinski definition) is 1. The summed E-state index contributed by atoms with van der Waals surface area (Å²) in [5, 5.41) is 20.2. The maximum Gasteiger partial charge on any atom is 0.275 e. The van der Waals surface area contributed by atoms with Crippen LogP contribution in [0.25, 0.3) is 0 Å². The van der Waals surface area contributed by atoms with Crippen LogP contribution in [0.5, 0.6) is 0 Å². The van der Waals surface area contributed by atoms with Gasteiger partial charge in [0, 0.05) is 24.8 Å². The largest absolute Gasteiger partial charge is 0.391 e. The van der Waals surface area contributed by atoms with E-state index in [4.69, 9.17) is 0 Å². The van der Waals surface area contributed by atoms with Crippen molar-refractivity contribution in [2.75, 3.05) is 18.0 Å². The Labute approximate surface area is 120 Å². The highest BCUT2D eigenvalue weighted by Gasteiger charge is 2.17. The van der Waals surface area contributed by atoms with Gasteiger partial charge >= 0.3 is 0 Å². The van der Waals surface area contributed by atoms with Crippen LogP contribution in [-0.2, 0) is 6.61 Å². The number of anilines is 1. The van der Waals surface area contributed by atoms with Gasteiger partial charge in [-0.1, -0.05) is 27.7 Å². The number of hydrogen-bond acceptors (Lipinski definition) is 4. The van der Waals surface area contributed by atoms with Crippen molar-refractivity contribution in [2.24, 2.45) is 11.8 Å². The number of aliphatic hydroxyl groups excluding tert-OH is 1. The van der Waals surface area contributed by atoms with Crippen LogP contribution in [0, 0.1) is 22.0 Å². The Kier molecular flexibility index (Phi) is 5.95. The Morgan fingerprint density at radius 3 is 2.15 bits per heavy atom. The molecule has 5 heteroatoms. The van der Waals surface area contributed by atoms with Gasteiger partial charge in [0.05, 0.1) is 17.1 Å². The van der Waals surface area contributed by atoms with Crippen molar-refractivity contribution in [3.05, 3.63) is 33.9 Å². The summed E-state index contributed by atoms with van der Waals surface area (Å²) in [6.07, 6.45) is 0. The molecule has 0 bridgehead atoms. The third-order valence-corrected chi connectivity index (χ3v) is 2.97. The highest BCUT2D eigenvalue weighted by atomic mass is 16.6. The number of nitro groups is 1. The molecule has 0 aliphatic rings. The molecule has 1 rings (SSSR count). The standard InChI is InChI=1S/C15H24N2O3/c1-11(2)8-16(9-12(3)4)14-5-6-15(17(19)20)13(7-14)10-18/h5-7,11-12,18H,8-10H2,1-4H3. The summed E-state index contributed by atoms with van der Waals surface area (Å²) < 4.78 is 0. The summed E-state index contributed by atoms with van der Waals surface area (Å²) in [5.41, 5.74) is 1.28. The first-order valence-corrected chi connectivity index (χ1v) is 6.98. The van der Waals surface area contributed by atoms with Crippen molar-refractivity contribution >= 4 is 11.4 Å². The molecule has 0 saturated heterocycles. The lowest BCUT2D eigenvalue weighted by atomic mass is 10.1. The molecule has 1 aromatic rings. The third kappa shape index (κ3) is 4.49. The van der Waals surface area contributed by atoms with Crippen LogP contribution < -0.4 is 4.90 Å². The summed E-state index contributed by atoms with van der Waals surface area (Å²) >= 11 is 0. The van der Waals surface area contributed by atoms with Gasteiger partial charge in [0.15, 0.2) is 0 Å². The Morgan fingerprint density at radius 1 is 1.20 bits per heavy atom. The zero-order chi connectivity index (χ0) is 15.3. The molecule has 0 radical (unpaired) electrons. The Morgan fingerprint density at radius 2 is 1.75 bits per heavy atom. The van der Waals surface area contributed by atoms with Gasteiger partial charge in [-0.2, -0.15) is 0 Å². The van der Waals surface area contributed by atoms with Gasteiger partial charge in [0.2, 0.25) is 0 Å². The van der Waals surface area contributed by atoms with Crippen LogP contribution >= 0.6 is 0 Å². The molecule has 0 heterocycles. The van der Waals surface area contributed by atoms with E-state index in [1.807, 2.05) is 0 Å². The molecule has 0 fully saturated rings. The number of nitrogens with zero attached hydrogens (tertiary/aromatic N) is 2. The molecule has 1 N–H and O–H groups in total. The summed E-state index contributed by atoms with van der Waals surface area (Å²) in [5.74, 6) is 1.00. The van der Waals surface area contributed by atoms with Gasteiger partial charge < -0.3 is 10.0 Å². The van der Waals surface area contributed by atoms with Crippen molar-refractivity contribution in [1.29, 1.82) is 0 Å². The third-order valence-electron chi connectivity index (χ3n) is 2.97. The van der Waals surface area contributed by atoms with E-state index >= 15 is 0 Å². The average molecular weight is 280 g/mol. The monoisotopic (exact) mass is 280 g/mol. The fourth-order valence-electron chi connectivity index (χ4n) is 2.24. The summed E-state index contributed by atoms with van der Waals surface area (Å²) in [4.78, 5) is 12.7. The second-order valence-electron chi connectivity index (χ2n) is 5.92. The normalized spacial score (nSPS) is 11.2. The van der Waals surface area contributed by atoms with Gasteiger partial charge in [0.1, 0.15) is 0 Å². The summed E-state index contributed by atoms with van der Waals surface area (Å²) in [7, 11) is 0. The summed E-state index contributed by atoms with van der Waals surface area (Å²) in [6, 6.07) is 4.97. The van der Waals surface area contributed by atoms with Crippen LogP contribution in [0.3, 0.4) is 0 Å². The van der Waals surface area contributed by atoms with Gasteiger partial charge in [0.25, 0.3) is 5.69 Å². The zero-order valence-electron chi connectivity index (χ0n) is 12.7. The van der Waals surface area contributed by atoms with E-state index in [2.05, 4.69) is 32.6 Å². The minimum absolute atomic E-state index is 0.0229. The first-order chi connectivity index (χ1) is 9.35. The fraction of sp³-hybridized carbons (Fsp3) is 0.600. The van der Waals surface area contributed by atoms with Crippen molar-refractivity contribution in [1.82, 2.24) is 0 Å². The SMILES string of the molecule is CC(C)CN(CC(C)C)c1ccc([N+](=O)[O-])c(CO)c1. The molecule has 1 aromatic carbocycles. The highest BCUT2D eigenvalue weighted by Crippen LogP contribution is 2.26. The van der Waals surface area contributed by atoms with E-state index in [-0.39, 0.29) is 12.3 Å². The average Bonchev–Trinajstić information content (AvgIpc) is 2.35. The molecule has 0 aliphatic heterocycles. The van der Waals surface area contributed by atoms with Crippen molar-refractivity contribution in [3.63, 3.8) is 0 Å². The molecule has 0 amide bonds. The summed E-state index contributed by atoms with van der Waals surface area (Å²) in [6.45, 7) is 10.0. The zero-order valence-corrected chi connectivity index (χ0v) is 12.7. The maximum absolute atomic E-state index is 10.9. The van der Waals surface area contributed by atoms with Gasteiger partial charge in [-0.05, 0) is 24.0 Å². The Balaban J connectivity index is 3.10. The molecule has 0 spiro atoms. The van der Waals surface area contributed by atoms with Crippen LogP contribution in [0.2, 0.25) is 0 Å². The van der Waals surface area contributed by atoms with Crippen LogP contribution in [0.1, 0.15) is 33.3 Å². The number of rotatable bonds is 7. The highest BCUT2D eigenvalue weighted by molar-refractivity contribution is 5.55. The number of benzene rings is 1. The lowest BCUT2D eigenvalue weighted by Gasteiger charge is -2.28. The molecule has 5 nitrogen and oxygen atoms in total. The van der Waals surface area contributed by atoms with Crippen molar-refractivity contribution in [2.45, 2.75) is 34.3 Å². The molecular formula is C15H24N2O3. The van der Waals surface area contributed by atoms with Crippen LogP contribution in [0.15, 0.2) is 18.2 Å². The van der Waals surface area contributed by atoms with Crippen LogP contribution in [0.4, 0.5) is 11.4 Å². The van der Waals surface area contributed by atoms with E-state index in [0.717, 1.165) is 18.8 Å². The second-order valence-corrected chi connectivity index (χ2v) is 5.92. The predicted molar refractivity (Wildman–Crippen MR) is 80.9 cm³/mol. The maximum atomic E-state index is 10.9. The second kappa shape index (κ2) is 7.24. The molecule has 0 unspecified atom stereocenters. The number of aliphatic hydroxyl groups is 1. The van der Waals surface area contributed by atoms with Gasteiger partial charge in [-0.3, -0.25) is 10.1 Å². The predicted octanol–water partition coefficient (Wildman–Crippen LogP) is 3.21. The molecular weight excluding hydrogens is 256 g/mol. The van der Waals surface area contributed by atoms with E-state index in [1.54, 1.807) is 12.1 Å². The number of nitro benzene ring substituents is 1. The first-order valence-electron chi connectivity index (χ1n) is 6.98. The first kappa shape index (κ1) is 16.4. The van der Waals surface area contributed by atoms with E-state index in [0.29, 0.717) is 17.4 Å². The molecule has 112 valence electrons. The van der Waals surface area contributed by atoms with Gasteiger partial charge in [-0.15, -0.1) is 0 Å². The van der Waals surface area contributed by atoms with E-state index in [1.165, 1.54) is 6.07 Å². The smallest absolute Gasteiger partial charge is 0.275 e. The molecule has 0 atom stereocenters. The molecule has 0 aliphatic carbocycles. The van der Waals surface area contributed by atoms with Crippen molar-refractivity contribution in [3.8, 4) is 0 Å². The fourth-order valence-corrected chi connectivity index (χ4v) is 2.24. The molecule has 20 heavy (non-hydrogen) atoms. The minimum atomic E-state index is -0.454. The van der Waals surface area contributed by atoms with E-state index in [9.17, 15) is 15.2 Å². The molecule has 0 saturated carbocycles. The Hall–Kier alpha value is -1.62.